The second kappa shape index (κ2) is 8.05. The predicted molar refractivity (Wildman–Crippen MR) is 110 cm³/mol. The molecular formula is C23H23ClN2. The third kappa shape index (κ3) is 3.83. The van der Waals surface area contributed by atoms with Gasteiger partial charge in [0.1, 0.15) is 0 Å². The highest BCUT2D eigenvalue weighted by Crippen LogP contribution is 2.31. The first-order chi connectivity index (χ1) is 12.8. The monoisotopic (exact) mass is 362 g/mol. The van der Waals surface area contributed by atoms with Crippen LogP contribution in [-0.2, 0) is 0 Å². The van der Waals surface area contributed by atoms with E-state index in [1.165, 1.54) is 22.3 Å². The van der Waals surface area contributed by atoms with E-state index in [1.54, 1.807) is 0 Å². The Morgan fingerprint density at radius 1 is 0.692 bits per heavy atom. The van der Waals surface area contributed by atoms with E-state index in [2.05, 4.69) is 76.9 Å². The van der Waals surface area contributed by atoms with Crippen LogP contribution in [0.15, 0.2) is 78.9 Å². The lowest BCUT2D eigenvalue weighted by Gasteiger charge is -2.35. The summed E-state index contributed by atoms with van der Waals surface area (Å²) >= 11 is 6.11. The van der Waals surface area contributed by atoms with Gasteiger partial charge in [0.15, 0.2) is 0 Å². The molecular weight excluding hydrogens is 340 g/mol. The molecule has 1 saturated heterocycles. The Kier molecular flexibility index (Phi) is 5.35. The molecule has 1 fully saturated rings. The maximum atomic E-state index is 6.11. The lowest BCUT2D eigenvalue weighted by atomic mass is 9.94. The van der Waals surface area contributed by atoms with Gasteiger partial charge in [-0.05, 0) is 34.4 Å². The molecule has 0 saturated carbocycles. The SMILES string of the molecule is Clc1ccc(C(c2ccc(-c3ccccc3)cc2)N2CCNCC2)cc1. The minimum atomic E-state index is 0.263. The van der Waals surface area contributed by atoms with Crippen molar-refractivity contribution in [2.75, 3.05) is 26.2 Å². The average molecular weight is 363 g/mol. The fourth-order valence-electron chi connectivity index (χ4n) is 3.69. The second-order valence-corrected chi connectivity index (χ2v) is 7.16. The minimum absolute atomic E-state index is 0.263. The number of rotatable bonds is 4. The zero-order valence-electron chi connectivity index (χ0n) is 14.7. The van der Waals surface area contributed by atoms with E-state index < -0.39 is 0 Å². The molecule has 0 amide bonds. The van der Waals surface area contributed by atoms with Gasteiger partial charge in [0.25, 0.3) is 0 Å². The van der Waals surface area contributed by atoms with Crippen LogP contribution >= 0.6 is 11.6 Å². The van der Waals surface area contributed by atoms with Gasteiger partial charge in [-0.3, -0.25) is 4.90 Å². The van der Waals surface area contributed by atoms with Gasteiger partial charge in [0, 0.05) is 31.2 Å². The molecule has 0 bridgehead atoms. The molecule has 1 heterocycles. The van der Waals surface area contributed by atoms with Crippen molar-refractivity contribution in [3.63, 3.8) is 0 Å². The summed E-state index contributed by atoms with van der Waals surface area (Å²) in [6, 6.07) is 28.1. The number of hydrogen-bond donors (Lipinski definition) is 1. The maximum absolute atomic E-state index is 6.11. The highest BCUT2D eigenvalue weighted by Gasteiger charge is 2.23. The molecule has 26 heavy (non-hydrogen) atoms. The van der Waals surface area contributed by atoms with Gasteiger partial charge in [0.2, 0.25) is 0 Å². The van der Waals surface area contributed by atoms with Crippen molar-refractivity contribution in [2.24, 2.45) is 0 Å². The Bertz CT molecular complexity index is 822. The third-order valence-electron chi connectivity index (χ3n) is 5.04. The van der Waals surface area contributed by atoms with Gasteiger partial charge in [-0.15, -0.1) is 0 Å². The van der Waals surface area contributed by atoms with E-state index in [0.29, 0.717) is 0 Å². The molecule has 0 aromatic heterocycles. The first-order valence-corrected chi connectivity index (χ1v) is 9.55. The van der Waals surface area contributed by atoms with Crippen LogP contribution in [-0.4, -0.2) is 31.1 Å². The predicted octanol–water partition coefficient (Wildman–Crippen LogP) is 5.00. The molecule has 4 rings (SSSR count). The topological polar surface area (TPSA) is 15.3 Å². The molecule has 2 nitrogen and oxygen atoms in total. The number of piperazine rings is 1. The quantitative estimate of drug-likeness (QED) is 0.702. The molecule has 1 unspecified atom stereocenters. The normalized spacial score (nSPS) is 16.3. The Labute approximate surface area is 160 Å². The Hall–Kier alpha value is -2.13. The summed E-state index contributed by atoms with van der Waals surface area (Å²) in [5.74, 6) is 0. The van der Waals surface area contributed by atoms with Crippen molar-refractivity contribution in [3.05, 3.63) is 95.0 Å². The van der Waals surface area contributed by atoms with Crippen LogP contribution in [0.1, 0.15) is 17.2 Å². The molecule has 132 valence electrons. The molecule has 3 heteroatoms. The Morgan fingerprint density at radius 3 is 1.85 bits per heavy atom. The summed E-state index contributed by atoms with van der Waals surface area (Å²) in [7, 11) is 0. The fourth-order valence-corrected chi connectivity index (χ4v) is 3.81. The van der Waals surface area contributed by atoms with Crippen molar-refractivity contribution in [3.8, 4) is 11.1 Å². The van der Waals surface area contributed by atoms with Crippen LogP contribution in [0.5, 0.6) is 0 Å². The van der Waals surface area contributed by atoms with Crippen LogP contribution in [0.25, 0.3) is 11.1 Å². The fraction of sp³-hybridized carbons (Fsp3) is 0.217. The van der Waals surface area contributed by atoms with Crippen LogP contribution < -0.4 is 5.32 Å². The van der Waals surface area contributed by atoms with Gasteiger partial charge < -0.3 is 5.32 Å². The van der Waals surface area contributed by atoms with E-state index >= 15 is 0 Å². The molecule has 0 radical (unpaired) electrons. The number of nitrogens with one attached hydrogen (secondary N) is 1. The molecule has 1 aliphatic rings. The average Bonchev–Trinajstić information content (AvgIpc) is 2.72. The smallest absolute Gasteiger partial charge is 0.0602 e. The van der Waals surface area contributed by atoms with Gasteiger partial charge in [0.05, 0.1) is 6.04 Å². The minimum Gasteiger partial charge on any atom is -0.314 e. The van der Waals surface area contributed by atoms with Gasteiger partial charge in [-0.1, -0.05) is 78.3 Å². The van der Waals surface area contributed by atoms with Crippen LogP contribution in [0.4, 0.5) is 0 Å². The highest BCUT2D eigenvalue weighted by atomic mass is 35.5. The molecule has 1 atom stereocenters. The van der Waals surface area contributed by atoms with Crippen LogP contribution in [0.2, 0.25) is 5.02 Å². The first kappa shape index (κ1) is 17.3. The van der Waals surface area contributed by atoms with Crippen molar-refractivity contribution >= 4 is 11.6 Å². The number of benzene rings is 3. The van der Waals surface area contributed by atoms with E-state index in [4.69, 9.17) is 11.6 Å². The van der Waals surface area contributed by atoms with E-state index in [0.717, 1.165) is 31.2 Å². The summed E-state index contributed by atoms with van der Waals surface area (Å²) in [5.41, 5.74) is 5.13. The molecule has 3 aromatic carbocycles. The zero-order chi connectivity index (χ0) is 17.8. The Balaban J connectivity index is 1.68. The second-order valence-electron chi connectivity index (χ2n) is 6.73. The number of halogens is 1. The Morgan fingerprint density at radius 2 is 1.23 bits per heavy atom. The molecule has 0 aliphatic carbocycles. The number of hydrogen-bond acceptors (Lipinski definition) is 2. The van der Waals surface area contributed by atoms with E-state index in [-0.39, 0.29) is 6.04 Å². The first-order valence-electron chi connectivity index (χ1n) is 9.17. The van der Waals surface area contributed by atoms with Gasteiger partial charge in [-0.25, -0.2) is 0 Å². The molecule has 1 N–H and O–H groups in total. The molecule has 0 spiro atoms. The van der Waals surface area contributed by atoms with Gasteiger partial charge >= 0.3 is 0 Å². The van der Waals surface area contributed by atoms with Crippen LogP contribution in [0, 0.1) is 0 Å². The highest BCUT2D eigenvalue weighted by molar-refractivity contribution is 6.30. The maximum Gasteiger partial charge on any atom is 0.0602 e. The lowest BCUT2D eigenvalue weighted by Crippen LogP contribution is -2.45. The number of nitrogens with zero attached hydrogens (tertiary/aromatic N) is 1. The van der Waals surface area contributed by atoms with E-state index in [9.17, 15) is 0 Å². The summed E-state index contributed by atoms with van der Waals surface area (Å²) in [4.78, 5) is 2.55. The third-order valence-corrected chi connectivity index (χ3v) is 5.29. The summed E-state index contributed by atoms with van der Waals surface area (Å²) < 4.78 is 0. The van der Waals surface area contributed by atoms with Crippen molar-refractivity contribution in [1.82, 2.24) is 10.2 Å². The molecule has 1 aliphatic heterocycles. The van der Waals surface area contributed by atoms with E-state index in [1.807, 2.05) is 12.1 Å². The standard InChI is InChI=1S/C23H23ClN2/c24-22-12-10-21(11-13-22)23(26-16-14-25-15-17-26)20-8-6-19(7-9-20)18-4-2-1-3-5-18/h1-13,23,25H,14-17H2. The van der Waals surface area contributed by atoms with Crippen LogP contribution in [0.3, 0.4) is 0 Å². The van der Waals surface area contributed by atoms with Crippen molar-refractivity contribution < 1.29 is 0 Å². The summed E-state index contributed by atoms with van der Waals surface area (Å²) in [6.45, 7) is 4.17. The van der Waals surface area contributed by atoms with Gasteiger partial charge in [-0.2, -0.15) is 0 Å². The largest absolute Gasteiger partial charge is 0.314 e. The molecule has 3 aromatic rings. The summed E-state index contributed by atoms with van der Waals surface area (Å²) in [6.07, 6.45) is 0. The van der Waals surface area contributed by atoms with Crippen molar-refractivity contribution in [2.45, 2.75) is 6.04 Å². The van der Waals surface area contributed by atoms with Crippen molar-refractivity contribution in [1.29, 1.82) is 0 Å². The zero-order valence-corrected chi connectivity index (χ0v) is 15.5. The summed E-state index contributed by atoms with van der Waals surface area (Å²) in [5, 5.41) is 4.23. The lowest BCUT2D eigenvalue weighted by molar-refractivity contribution is 0.198.